The van der Waals surface area contributed by atoms with Gasteiger partial charge in [0, 0.05) is 30.9 Å². The van der Waals surface area contributed by atoms with E-state index in [2.05, 4.69) is 16.9 Å². The van der Waals surface area contributed by atoms with Crippen molar-refractivity contribution in [2.75, 3.05) is 33.2 Å². The van der Waals surface area contributed by atoms with Crippen LogP contribution in [0.25, 0.3) is 0 Å². The summed E-state index contributed by atoms with van der Waals surface area (Å²) in [6.45, 7) is 3.52. The summed E-state index contributed by atoms with van der Waals surface area (Å²) in [5.74, 6) is 0.727. The zero-order chi connectivity index (χ0) is 14.8. The van der Waals surface area contributed by atoms with Gasteiger partial charge < -0.3 is 15.5 Å². The molecule has 1 aromatic heterocycles. The van der Waals surface area contributed by atoms with Gasteiger partial charge in [-0.3, -0.25) is 4.79 Å². The molecule has 2 atom stereocenters. The maximum Gasteiger partial charge on any atom is 0.273 e. The van der Waals surface area contributed by atoms with Crippen LogP contribution in [0.4, 0.5) is 0 Å². The Bertz CT molecular complexity index is 504. The molecule has 2 aliphatic heterocycles. The first-order chi connectivity index (χ1) is 10.2. The summed E-state index contributed by atoms with van der Waals surface area (Å²) >= 11 is 1.54. The van der Waals surface area contributed by atoms with Crippen molar-refractivity contribution in [1.82, 2.24) is 14.8 Å². The minimum Gasteiger partial charge on any atom is -0.337 e. The molecule has 0 saturated carbocycles. The quantitative estimate of drug-likeness (QED) is 0.911. The lowest BCUT2D eigenvalue weighted by Gasteiger charge is -2.45. The van der Waals surface area contributed by atoms with Gasteiger partial charge in [0.2, 0.25) is 0 Å². The Morgan fingerprint density at radius 3 is 3.14 bits per heavy atom. The number of fused-ring (bicyclic) bond motifs is 1. The Morgan fingerprint density at radius 2 is 2.33 bits per heavy atom. The average Bonchev–Trinajstić information content (AvgIpc) is 2.95. The van der Waals surface area contributed by atoms with Gasteiger partial charge in [0.1, 0.15) is 5.69 Å². The molecule has 2 N–H and O–H groups in total. The second-order valence-electron chi connectivity index (χ2n) is 6.16. The lowest BCUT2D eigenvalue weighted by Crippen LogP contribution is -2.53. The number of hydrogen-bond acceptors (Lipinski definition) is 5. The zero-order valence-electron chi connectivity index (χ0n) is 12.6. The molecule has 2 aliphatic rings. The molecule has 6 heteroatoms. The van der Waals surface area contributed by atoms with Crippen LogP contribution in [0, 0.1) is 5.92 Å². The molecule has 2 saturated heterocycles. The fourth-order valence-electron chi connectivity index (χ4n) is 3.65. The van der Waals surface area contributed by atoms with Crippen molar-refractivity contribution in [2.24, 2.45) is 11.7 Å². The summed E-state index contributed by atoms with van der Waals surface area (Å²) in [6.07, 6.45) is 4.34. The highest BCUT2D eigenvalue weighted by Crippen LogP contribution is 2.30. The van der Waals surface area contributed by atoms with Crippen molar-refractivity contribution in [3.05, 3.63) is 16.1 Å². The SMILES string of the molecule is CN1CCCC2CN(C(=O)c3csc(CCN)n3)CCC21. The molecule has 0 aliphatic carbocycles. The monoisotopic (exact) mass is 308 g/mol. The van der Waals surface area contributed by atoms with Crippen LogP contribution >= 0.6 is 11.3 Å². The number of nitrogens with zero attached hydrogens (tertiary/aromatic N) is 3. The number of rotatable bonds is 3. The first-order valence-corrected chi connectivity index (χ1v) is 8.71. The van der Waals surface area contributed by atoms with Gasteiger partial charge in [-0.15, -0.1) is 11.3 Å². The predicted molar refractivity (Wildman–Crippen MR) is 84.5 cm³/mol. The lowest BCUT2D eigenvalue weighted by molar-refractivity contribution is 0.0313. The maximum atomic E-state index is 12.6. The van der Waals surface area contributed by atoms with Gasteiger partial charge in [0.15, 0.2) is 0 Å². The molecule has 1 amide bonds. The average molecular weight is 308 g/mol. The van der Waals surface area contributed by atoms with Gasteiger partial charge in [-0.05, 0) is 45.3 Å². The molecule has 3 rings (SSSR count). The fraction of sp³-hybridized carbons (Fsp3) is 0.733. The van der Waals surface area contributed by atoms with Gasteiger partial charge in [-0.25, -0.2) is 4.98 Å². The number of piperidine rings is 2. The van der Waals surface area contributed by atoms with Gasteiger partial charge >= 0.3 is 0 Å². The van der Waals surface area contributed by atoms with E-state index in [-0.39, 0.29) is 5.91 Å². The minimum atomic E-state index is 0.0983. The van der Waals surface area contributed by atoms with Gasteiger partial charge in [0.05, 0.1) is 5.01 Å². The molecule has 2 fully saturated rings. The molecule has 21 heavy (non-hydrogen) atoms. The van der Waals surface area contributed by atoms with E-state index in [1.807, 2.05) is 10.3 Å². The number of carbonyl (C=O) groups excluding carboxylic acids is 1. The van der Waals surface area contributed by atoms with E-state index in [1.54, 1.807) is 11.3 Å². The van der Waals surface area contributed by atoms with Crippen molar-refractivity contribution >= 4 is 17.2 Å². The second kappa shape index (κ2) is 6.42. The van der Waals surface area contributed by atoms with E-state index < -0.39 is 0 Å². The fourth-order valence-corrected chi connectivity index (χ4v) is 4.43. The van der Waals surface area contributed by atoms with E-state index in [1.165, 1.54) is 19.4 Å². The molecule has 0 spiro atoms. The standard InChI is InChI=1S/C15H24N4OS/c1-18-7-2-3-11-9-19(8-5-13(11)18)15(20)12-10-21-14(17-12)4-6-16/h10-11,13H,2-9,16H2,1H3. The van der Waals surface area contributed by atoms with E-state index in [4.69, 9.17) is 5.73 Å². The van der Waals surface area contributed by atoms with E-state index >= 15 is 0 Å². The Hall–Kier alpha value is -0.980. The third kappa shape index (κ3) is 3.12. The van der Waals surface area contributed by atoms with Crippen LogP contribution in [-0.4, -0.2) is 60.0 Å². The highest BCUT2D eigenvalue weighted by Gasteiger charge is 2.36. The molecule has 2 unspecified atom stereocenters. The summed E-state index contributed by atoms with van der Waals surface area (Å²) in [7, 11) is 2.22. The van der Waals surface area contributed by atoms with E-state index in [0.717, 1.165) is 30.9 Å². The first-order valence-electron chi connectivity index (χ1n) is 7.83. The predicted octanol–water partition coefficient (Wildman–Crippen LogP) is 1.20. The summed E-state index contributed by atoms with van der Waals surface area (Å²) in [5.41, 5.74) is 6.14. The number of thiazole rings is 1. The zero-order valence-corrected chi connectivity index (χ0v) is 13.4. The topological polar surface area (TPSA) is 62.5 Å². The molecule has 0 bridgehead atoms. The molecule has 0 radical (unpaired) electrons. The number of aromatic nitrogens is 1. The summed E-state index contributed by atoms with van der Waals surface area (Å²) < 4.78 is 0. The molecule has 1 aromatic rings. The van der Waals surface area contributed by atoms with Gasteiger partial charge in [-0.1, -0.05) is 0 Å². The summed E-state index contributed by atoms with van der Waals surface area (Å²) in [5, 5.41) is 2.85. The Labute approximate surface area is 130 Å². The maximum absolute atomic E-state index is 12.6. The normalized spacial score (nSPS) is 26.7. The third-order valence-corrected chi connectivity index (χ3v) is 5.67. The molecule has 5 nitrogen and oxygen atoms in total. The highest BCUT2D eigenvalue weighted by molar-refractivity contribution is 7.09. The molecule has 116 valence electrons. The number of hydrogen-bond donors (Lipinski definition) is 1. The molecule has 0 aromatic carbocycles. The smallest absolute Gasteiger partial charge is 0.273 e. The van der Waals surface area contributed by atoms with Crippen LogP contribution < -0.4 is 5.73 Å². The Kier molecular flexibility index (Phi) is 4.57. The van der Waals surface area contributed by atoms with Crippen LogP contribution in [0.2, 0.25) is 0 Å². The van der Waals surface area contributed by atoms with E-state index in [9.17, 15) is 4.79 Å². The molecule has 3 heterocycles. The van der Waals surface area contributed by atoms with Crippen molar-refractivity contribution < 1.29 is 4.79 Å². The highest BCUT2D eigenvalue weighted by atomic mass is 32.1. The van der Waals surface area contributed by atoms with Crippen molar-refractivity contribution in [3.63, 3.8) is 0 Å². The van der Waals surface area contributed by atoms with Crippen molar-refractivity contribution in [1.29, 1.82) is 0 Å². The van der Waals surface area contributed by atoms with Crippen LogP contribution in [0.15, 0.2) is 5.38 Å². The Balaban J connectivity index is 1.65. The third-order valence-electron chi connectivity index (χ3n) is 4.76. The number of amides is 1. The van der Waals surface area contributed by atoms with Crippen LogP contribution in [0.3, 0.4) is 0 Å². The van der Waals surface area contributed by atoms with Gasteiger partial charge in [0.25, 0.3) is 5.91 Å². The Morgan fingerprint density at radius 1 is 1.48 bits per heavy atom. The van der Waals surface area contributed by atoms with Crippen molar-refractivity contribution in [2.45, 2.75) is 31.7 Å². The number of likely N-dealkylation sites (tertiary alicyclic amines) is 2. The van der Waals surface area contributed by atoms with E-state index in [0.29, 0.717) is 24.2 Å². The van der Waals surface area contributed by atoms with Crippen LogP contribution in [0.1, 0.15) is 34.8 Å². The molecular formula is C15H24N4OS. The molecular weight excluding hydrogens is 284 g/mol. The largest absolute Gasteiger partial charge is 0.337 e. The first kappa shape index (κ1) is 14.9. The van der Waals surface area contributed by atoms with Crippen molar-refractivity contribution in [3.8, 4) is 0 Å². The second-order valence-corrected chi connectivity index (χ2v) is 7.10. The summed E-state index contributed by atoms with van der Waals surface area (Å²) in [6, 6.07) is 0.658. The lowest BCUT2D eigenvalue weighted by atomic mass is 9.84. The number of nitrogens with two attached hydrogens (primary N) is 1. The number of carbonyl (C=O) groups is 1. The summed E-state index contributed by atoms with van der Waals surface area (Å²) in [4.78, 5) is 21.5. The van der Waals surface area contributed by atoms with Crippen LogP contribution in [0.5, 0.6) is 0 Å². The van der Waals surface area contributed by atoms with Crippen LogP contribution in [-0.2, 0) is 6.42 Å². The van der Waals surface area contributed by atoms with Gasteiger partial charge in [-0.2, -0.15) is 0 Å². The minimum absolute atomic E-state index is 0.0983.